The van der Waals surface area contributed by atoms with Crippen LogP contribution >= 0.6 is 11.6 Å². The summed E-state index contributed by atoms with van der Waals surface area (Å²) < 4.78 is 5.29. The molecule has 10 nitrogen and oxygen atoms in total. The SMILES string of the molecule is N#Cc1cc(C2CC2)cn2cc(Cn3cc(C(=O)NCc4ncn5ccc(Cl)cc45)nn3)nc12. The first-order valence-electron chi connectivity index (χ1n) is 10.8. The number of nitriles is 1. The van der Waals surface area contributed by atoms with Crippen molar-refractivity contribution >= 4 is 28.7 Å². The average molecular weight is 472 g/mol. The van der Waals surface area contributed by atoms with Crippen molar-refractivity contribution in [3.05, 3.63) is 82.5 Å². The van der Waals surface area contributed by atoms with E-state index in [0.29, 0.717) is 34.4 Å². The number of nitrogens with zero attached hydrogens (tertiary/aromatic N) is 8. The number of imidazole rings is 2. The van der Waals surface area contributed by atoms with Crippen molar-refractivity contribution in [2.45, 2.75) is 31.8 Å². The van der Waals surface area contributed by atoms with Gasteiger partial charge in [-0.3, -0.25) is 4.79 Å². The summed E-state index contributed by atoms with van der Waals surface area (Å²) in [4.78, 5) is 21.5. The van der Waals surface area contributed by atoms with Crippen molar-refractivity contribution in [1.29, 1.82) is 5.26 Å². The molecule has 1 fully saturated rings. The second-order valence-electron chi connectivity index (χ2n) is 8.35. The molecule has 168 valence electrons. The number of nitrogens with one attached hydrogen (secondary N) is 1. The van der Waals surface area contributed by atoms with Gasteiger partial charge in [-0.2, -0.15) is 5.26 Å². The predicted molar refractivity (Wildman–Crippen MR) is 122 cm³/mol. The van der Waals surface area contributed by atoms with Crippen molar-refractivity contribution in [3.63, 3.8) is 0 Å². The number of amides is 1. The first-order chi connectivity index (χ1) is 16.6. The quantitative estimate of drug-likeness (QED) is 0.406. The predicted octanol–water partition coefficient (Wildman–Crippen LogP) is 2.95. The van der Waals surface area contributed by atoms with Crippen LogP contribution in [0.3, 0.4) is 0 Å². The molecular formula is C23H18ClN9O. The summed E-state index contributed by atoms with van der Waals surface area (Å²) in [5.74, 6) is 0.182. The zero-order chi connectivity index (χ0) is 23.2. The number of hydrogen-bond acceptors (Lipinski definition) is 6. The van der Waals surface area contributed by atoms with E-state index in [9.17, 15) is 10.1 Å². The monoisotopic (exact) mass is 471 g/mol. The second-order valence-corrected chi connectivity index (χ2v) is 8.79. The third-order valence-electron chi connectivity index (χ3n) is 5.88. The largest absolute Gasteiger partial charge is 0.345 e. The number of aromatic nitrogens is 7. The molecule has 34 heavy (non-hydrogen) atoms. The molecule has 0 atom stereocenters. The Morgan fingerprint density at radius 1 is 1.24 bits per heavy atom. The standard InChI is InChI=1S/C23H18ClN9O/c24-17-3-4-31-13-27-19(21(31)6-17)8-26-23(34)20-12-33(30-29-20)11-18-10-32-9-16(14-1-2-14)5-15(7-25)22(32)28-18/h3-6,9-10,12-14H,1-2,8,11H2,(H,26,34). The lowest BCUT2D eigenvalue weighted by Crippen LogP contribution is -2.23. The van der Waals surface area contributed by atoms with Crippen LogP contribution in [-0.4, -0.2) is 39.7 Å². The van der Waals surface area contributed by atoms with Crippen LogP contribution in [0.25, 0.3) is 11.2 Å². The normalized spacial score (nSPS) is 13.4. The summed E-state index contributed by atoms with van der Waals surface area (Å²) in [5, 5.41) is 21.0. The van der Waals surface area contributed by atoms with E-state index >= 15 is 0 Å². The Balaban J connectivity index is 1.16. The van der Waals surface area contributed by atoms with Crippen LogP contribution in [0.1, 0.15) is 51.8 Å². The highest BCUT2D eigenvalue weighted by Gasteiger charge is 2.25. The molecule has 5 aromatic rings. The molecular weight excluding hydrogens is 454 g/mol. The molecule has 0 unspecified atom stereocenters. The molecule has 0 spiro atoms. The highest BCUT2D eigenvalue weighted by molar-refractivity contribution is 6.30. The lowest BCUT2D eigenvalue weighted by Gasteiger charge is -2.01. The maximum Gasteiger partial charge on any atom is 0.273 e. The fourth-order valence-electron chi connectivity index (χ4n) is 4.02. The Morgan fingerprint density at radius 3 is 2.94 bits per heavy atom. The highest BCUT2D eigenvalue weighted by Crippen LogP contribution is 2.40. The topological polar surface area (TPSA) is 118 Å². The van der Waals surface area contributed by atoms with Gasteiger partial charge in [-0.05, 0) is 42.5 Å². The minimum Gasteiger partial charge on any atom is -0.345 e. The van der Waals surface area contributed by atoms with Gasteiger partial charge in [-0.1, -0.05) is 16.8 Å². The zero-order valence-corrected chi connectivity index (χ0v) is 18.6. The Labute approximate surface area is 198 Å². The number of pyridine rings is 2. The lowest BCUT2D eigenvalue weighted by molar-refractivity contribution is 0.0945. The Bertz CT molecular complexity index is 1600. The highest BCUT2D eigenvalue weighted by atomic mass is 35.5. The van der Waals surface area contributed by atoms with E-state index in [1.807, 2.05) is 33.5 Å². The fraction of sp³-hybridized carbons (Fsp3) is 0.217. The van der Waals surface area contributed by atoms with E-state index < -0.39 is 0 Å². The number of carbonyl (C=O) groups is 1. The molecule has 0 radical (unpaired) electrons. The van der Waals surface area contributed by atoms with E-state index in [4.69, 9.17) is 11.6 Å². The molecule has 1 amide bonds. The minimum absolute atomic E-state index is 0.194. The van der Waals surface area contributed by atoms with Crippen LogP contribution < -0.4 is 5.32 Å². The van der Waals surface area contributed by atoms with Crippen molar-refractivity contribution in [3.8, 4) is 6.07 Å². The number of halogens is 1. The number of fused-ring (bicyclic) bond motifs is 2. The van der Waals surface area contributed by atoms with Gasteiger partial charge < -0.3 is 14.1 Å². The van der Waals surface area contributed by atoms with Gasteiger partial charge in [0.25, 0.3) is 5.91 Å². The summed E-state index contributed by atoms with van der Waals surface area (Å²) in [7, 11) is 0. The Morgan fingerprint density at radius 2 is 2.12 bits per heavy atom. The van der Waals surface area contributed by atoms with Gasteiger partial charge in [0.1, 0.15) is 6.07 Å². The van der Waals surface area contributed by atoms with E-state index in [1.54, 1.807) is 29.3 Å². The van der Waals surface area contributed by atoms with Crippen LogP contribution in [0, 0.1) is 11.3 Å². The van der Waals surface area contributed by atoms with Gasteiger partial charge >= 0.3 is 0 Å². The Hall–Kier alpha value is -4.23. The third-order valence-corrected chi connectivity index (χ3v) is 6.12. The smallest absolute Gasteiger partial charge is 0.273 e. The van der Waals surface area contributed by atoms with E-state index in [1.165, 1.54) is 5.56 Å². The number of rotatable bonds is 6. The van der Waals surface area contributed by atoms with Gasteiger partial charge in [0.15, 0.2) is 11.3 Å². The average Bonchev–Trinajstić information content (AvgIpc) is 3.25. The molecule has 1 saturated carbocycles. The van der Waals surface area contributed by atoms with Gasteiger partial charge in [0.2, 0.25) is 0 Å². The summed E-state index contributed by atoms with van der Waals surface area (Å²) in [6.45, 7) is 0.561. The van der Waals surface area contributed by atoms with Crippen LogP contribution in [0.5, 0.6) is 0 Å². The molecule has 5 heterocycles. The first-order valence-corrected chi connectivity index (χ1v) is 11.2. The Kier molecular flexibility index (Phi) is 4.78. The lowest BCUT2D eigenvalue weighted by atomic mass is 10.1. The van der Waals surface area contributed by atoms with Crippen LogP contribution in [-0.2, 0) is 13.1 Å². The van der Waals surface area contributed by atoms with Gasteiger partial charge in [0, 0.05) is 23.6 Å². The molecule has 0 aromatic carbocycles. The van der Waals surface area contributed by atoms with Crippen molar-refractivity contribution in [2.24, 2.45) is 0 Å². The van der Waals surface area contributed by atoms with Gasteiger partial charge in [-0.15, -0.1) is 5.10 Å². The first kappa shape index (κ1) is 20.4. The van der Waals surface area contributed by atoms with Crippen LogP contribution in [0.4, 0.5) is 0 Å². The maximum absolute atomic E-state index is 12.6. The zero-order valence-electron chi connectivity index (χ0n) is 17.9. The molecule has 1 aliphatic carbocycles. The van der Waals surface area contributed by atoms with E-state index in [-0.39, 0.29) is 18.1 Å². The molecule has 0 bridgehead atoms. The van der Waals surface area contributed by atoms with Crippen LogP contribution in [0.2, 0.25) is 5.02 Å². The molecule has 1 aliphatic rings. The number of carbonyl (C=O) groups excluding carboxylic acids is 1. The molecule has 0 saturated heterocycles. The molecule has 5 aromatic heterocycles. The van der Waals surface area contributed by atoms with Crippen LogP contribution in [0.15, 0.2) is 49.3 Å². The third kappa shape index (κ3) is 3.76. The molecule has 6 rings (SSSR count). The fourth-order valence-corrected chi connectivity index (χ4v) is 4.18. The summed E-state index contributed by atoms with van der Waals surface area (Å²) in [6.07, 6.45) is 11.3. The van der Waals surface area contributed by atoms with Crippen molar-refractivity contribution in [1.82, 2.24) is 39.1 Å². The summed E-state index contributed by atoms with van der Waals surface area (Å²) in [5.41, 5.74) is 4.79. The van der Waals surface area contributed by atoms with E-state index in [2.05, 4.69) is 31.7 Å². The number of hydrogen-bond donors (Lipinski definition) is 1. The van der Waals surface area contributed by atoms with E-state index in [0.717, 1.165) is 24.1 Å². The van der Waals surface area contributed by atoms with Crippen molar-refractivity contribution < 1.29 is 4.79 Å². The maximum atomic E-state index is 12.6. The van der Waals surface area contributed by atoms with Gasteiger partial charge in [0.05, 0.1) is 48.1 Å². The minimum atomic E-state index is -0.356. The van der Waals surface area contributed by atoms with Gasteiger partial charge in [-0.25, -0.2) is 14.6 Å². The molecule has 0 aliphatic heterocycles. The second kappa shape index (κ2) is 7.97. The molecule has 1 N–H and O–H groups in total. The van der Waals surface area contributed by atoms with Crippen molar-refractivity contribution in [2.75, 3.05) is 0 Å². The molecule has 11 heteroatoms. The summed E-state index contributed by atoms with van der Waals surface area (Å²) >= 11 is 6.07. The summed E-state index contributed by atoms with van der Waals surface area (Å²) in [6, 6.07) is 7.74.